The van der Waals surface area contributed by atoms with E-state index in [0.717, 1.165) is 62.3 Å². The average molecular weight is 627 g/mol. The highest BCUT2D eigenvalue weighted by atomic mass is 19.3. The van der Waals surface area contributed by atoms with Crippen LogP contribution in [-0.4, -0.2) is 76.0 Å². The Balaban J connectivity index is 1.24. The molecule has 45 heavy (non-hydrogen) atoms. The normalized spacial score (nSPS) is 21.3. The minimum Gasteiger partial charge on any atom is -0.480 e. The van der Waals surface area contributed by atoms with Crippen LogP contribution in [0.2, 0.25) is 0 Å². The molecule has 3 aromatic rings. The van der Waals surface area contributed by atoms with Gasteiger partial charge in [0, 0.05) is 50.1 Å². The highest BCUT2D eigenvalue weighted by Crippen LogP contribution is 2.38. The summed E-state index contributed by atoms with van der Waals surface area (Å²) in [4.78, 5) is 16.9. The SMILES string of the molecule is CC[C@H](C)[C@H](C(=O)O)N1C[C@H](CN2CCC(c3cc(Cc4ccc(OC(F)F)cc4)nn3CC)CC2)[C@@H](c2cccc(F)c2)C1. The first kappa shape index (κ1) is 33.0. The number of carbonyl (C=O) groups is 1. The Morgan fingerprint density at radius 3 is 2.42 bits per heavy atom. The number of benzene rings is 2. The number of aromatic nitrogens is 2. The van der Waals surface area contributed by atoms with Crippen molar-refractivity contribution in [3.8, 4) is 5.75 Å². The number of likely N-dealkylation sites (tertiary alicyclic amines) is 2. The molecule has 1 N–H and O–H groups in total. The number of carboxylic acids is 1. The smallest absolute Gasteiger partial charge is 0.387 e. The molecule has 0 spiro atoms. The van der Waals surface area contributed by atoms with E-state index in [9.17, 15) is 23.1 Å². The number of aryl methyl sites for hydroxylation is 1. The van der Waals surface area contributed by atoms with Gasteiger partial charge < -0.3 is 14.7 Å². The van der Waals surface area contributed by atoms with Crippen LogP contribution >= 0.6 is 0 Å². The third-order valence-electron chi connectivity index (χ3n) is 9.77. The number of alkyl halides is 2. The summed E-state index contributed by atoms with van der Waals surface area (Å²) >= 11 is 0. The maximum Gasteiger partial charge on any atom is 0.387 e. The minimum atomic E-state index is -2.84. The number of ether oxygens (including phenoxy) is 1. The van der Waals surface area contributed by atoms with E-state index in [4.69, 9.17) is 5.10 Å². The molecule has 7 nitrogen and oxygen atoms in total. The molecule has 2 fully saturated rings. The Bertz CT molecular complexity index is 1410. The second kappa shape index (κ2) is 14.8. The van der Waals surface area contributed by atoms with Crippen LogP contribution in [0.3, 0.4) is 0 Å². The Kier molecular flexibility index (Phi) is 10.9. The van der Waals surface area contributed by atoms with E-state index in [-0.39, 0.29) is 29.3 Å². The Hall–Kier alpha value is -3.37. The number of piperidine rings is 1. The quantitative estimate of drug-likeness (QED) is 0.230. The van der Waals surface area contributed by atoms with Gasteiger partial charge in [-0.15, -0.1) is 0 Å². The monoisotopic (exact) mass is 626 g/mol. The number of halogens is 3. The van der Waals surface area contributed by atoms with Crippen LogP contribution in [-0.2, 0) is 17.8 Å². The summed E-state index contributed by atoms with van der Waals surface area (Å²) in [6, 6.07) is 15.1. The number of nitrogens with zero attached hydrogens (tertiary/aromatic N) is 4. The van der Waals surface area contributed by atoms with E-state index >= 15 is 0 Å². The molecule has 1 aromatic heterocycles. The minimum absolute atomic E-state index is 0.0253. The van der Waals surface area contributed by atoms with E-state index in [1.807, 2.05) is 19.9 Å². The van der Waals surface area contributed by atoms with Gasteiger partial charge in [-0.1, -0.05) is 44.5 Å². The predicted octanol–water partition coefficient (Wildman–Crippen LogP) is 6.63. The van der Waals surface area contributed by atoms with Crippen LogP contribution in [0, 0.1) is 17.7 Å². The number of hydrogen-bond acceptors (Lipinski definition) is 5. The maximum atomic E-state index is 14.3. The van der Waals surface area contributed by atoms with Crippen LogP contribution in [0.4, 0.5) is 13.2 Å². The Labute approximate surface area is 264 Å². The molecular formula is C35H45F3N4O3. The standard InChI is InChI=1S/C35H45F3N4O3/c1-4-23(3)33(34(43)44)41-21-27(31(22-41)26-7-6-8-28(36)18-26)20-40-15-13-25(14-16-40)32-19-29(39-42(32)5-2)17-24-9-11-30(12-10-24)45-35(37)38/h6-12,18-19,23,25,27,31,33,35H,4-5,13-17,20-22H2,1-3H3,(H,43,44)/t23-,27-,31+,33+/m0/s1. The van der Waals surface area contributed by atoms with Crippen molar-refractivity contribution in [3.63, 3.8) is 0 Å². The second-order valence-corrected chi connectivity index (χ2v) is 12.7. The fraction of sp³-hybridized carbons (Fsp3) is 0.543. The third kappa shape index (κ3) is 8.08. The molecule has 0 saturated carbocycles. The lowest BCUT2D eigenvalue weighted by Crippen LogP contribution is -2.45. The lowest BCUT2D eigenvalue weighted by molar-refractivity contribution is -0.145. The van der Waals surface area contributed by atoms with Gasteiger partial charge in [0.2, 0.25) is 0 Å². The van der Waals surface area contributed by atoms with Gasteiger partial charge in [0.15, 0.2) is 0 Å². The first-order valence-electron chi connectivity index (χ1n) is 16.2. The van der Waals surface area contributed by atoms with Crippen LogP contribution in [0.5, 0.6) is 5.75 Å². The van der Waals surface area contributed by atoms with Gasteiger partial charge in [-0.05, 0) is 86.1 Å². The van der Waals surface area contributed by atoms with Crippen molar-refractivity contribution < 1.29 is 27.8 Å². The molecule has 244 valence electrons. The lowest BCUT2D eigenvalue weighted by atomic mass is 9.87. The van der Waals surface area contributed by atoms with Crippen LogP contribution in [0.15, 0.2) is 54.6 Å². The molecule has 0 aliphatic carbocycles. The summed E-state index contributed by atoms with van der Waals surface area (Å²) < 4.78 is 45.8. The van der Waals surface area contributed by atoms with E-state index in [1.54, 1.807) is 36.4 Å². The molecule has 0 bridgehead atoms. The number of rotatable bonds is 13. The van der Waals surface area contributed by atoms with Crippen LogP contribution in [0.25, 0.3) is 0 Å². The largest absolute Gasteiger partial charge is 0.480 e. The Morgan fingerprint density at radius 2 is 1.80 bits per heavy atom. The molecule has 4 atom stereocenters. The average Bonchev–Trinajstić information content (AvgIpc) is 3.62. The first-order chi connectivity index (χ1) is 21.6. The summed E-state index contributed by atoms with van der Waals surface area (Å²) in [5, 5.41) is 14.9. The Morgan fingerprint density at radius 1 is 1.07 bits per heavy atom. The van der Waals surface area contributed by atoms with Crippen molar-refractivity contribution in [2.45, 2.75) is 77.5 Å². The van der Waals surface area contributed by atoms with Crippen molar-refractivity contribution in [2.75, 3.05) is 32.7 Å². The molecule has 0 radical (unpaired) electrons. The van der Waals surface area contributed by atoms with Gasteiger partial charge in [0.05, 0.1) is 5.69 Å². The summed E-state index contributed by atoms with van der Waals surface area (Å²) in [5.41, 5.74) is 4.11. The van der Waals surface area contributed by atoms with Crippen molar-refractivity contribution in [2.24, 2.45) is 11.8 Å². The van der Waals surface area contributed by atoms with Gasteiger partial charge in [-0.2, -0.15) is 13.9 Å². The lowest BCUT2D eigenvalue weighted by Gasteiger charge is -2.35. The van der Waals surface area contributed by atoms with Crippen molar-refractivity contribution >= 4 is 5.97 Å². The molecule has 10 heteroatoms. The van der Waals surface area contributed by atoms with E-state index in [0.29, 0.717) is 25.4 Å². The molecule has 3 heterocycles. The number of aliphatic carboxylic acids is 1. The third-order valence-corrected chi connectivity index (χ3v) is 9.77. The molecular weight excluding hydrogens is 581 g/mol. The van der Waals surface area contributed by atoms with Gasteiger partial charge >= 0.3 is 12.6 Å². The zero-order valence-electron chi connectivity index (χ0n) is 26.4. The zero-order chi connectivity index (χ0) is 32.1. The fourth-order valence-electron chi connectivity index (χ4n) is 7.31. The topological polar surface area (TPSA) is 70.8 Å². The second-order valence-electron chi connectivity index (χ2n) is 12.7. The molecule has 0 amide bonds. The molecule has 2 aliphatic heterocycles. The molecule has 0 unspecified atom stereocenters. The summed E-state index contributed by atoms with van der Waals surface area (Å²) in [6.45, 7) is 8.06. The van der Waals surface area contributed by atoms with Crippen LogP contribution < -0.4 is 4.74 Å². The molecule has 5 rings (SSSR count). The highest BCUT2D eigenvalue weighted by Gasteiger charge is 2.42. The number of hydrogen-bond donors (Lipinski definition) is 1. The number of carboxylic acid groups (broad SMARTS) is 1. The fourth-order valence-corrected chi connectivity index (χ4v) is 7.31. The van der Waals surface area contributed by atoms with E-state index < -0.39 is 18.6 Å². The molecule has 2 saturated heterocycles. The predicted molar refractivity (Wildman–Crippen MR) is 167 cm³/mol. The van der Waals surface area contributed by atoms with Crippen LogP contribution in [0.1, 0.15) is 74.4 Å². The van der Waals surface area contributed by atoms with Crippen molar-refractivity contribution in [1.29, 1.82) is 0 Å². The van der Waals surface area contributed by atoms with E-state index in [2.05, 4.69) is 32.2 Å². The van der Waals surface area contributed by atoms with Crippen molar-refractivity contribution in [1.82, 2.24) is 19.6 Å². The van der Waals surface area contributed by atoms with Gasteiger partial charge in [-0.25, -0.2) is 4.39 Å². The molecule has 2 aromatic carbocycles. The zero-order valence-corrected chi connectivity index (χ0v) is 26.4. The van der Waals surface area contributed by atoms with Crippen molar-refractivity contribution in [3.05, 3.63) is 82.9 Å². The summed E-state index contributed by atoms with van der Waals surface area (Å²) in [7, 11) is 0. The van der Waals surface area contributed by atoms with Gasteiger partial charge in [0.25, 0.3) is 0 Å². The highest BCUT2D eigenvalue weighted by molar-refractivity contribution is 5.74. The van der Waals surface area contributed by atoms with Gasteiger partial charge in [-0.3, -0.25) is 14.4 Å². The van der Waals surface area contributed by atoms with Gasteiger partial charge in [0.1, 0.15) is 17.6 Å². The summed E-state index contributed by atoms with van der Waals surface area (Å²) in [6.07, 6.45) is 3.39. The molecule has 2 aliphatic rings. The summed E-state index contributed by atoms with van der Waals surface area (Å²) in [5.74, 6) is -0.211. The first-order valence-corrected chi connectivity index (χ1v) is 16.2. The van der Waals surface area contributed by atoms with E-state index in [1.165, 1.54) is 11.8 Å². The maximum absolute atomic E-state index is 14.3.